The van der Waals surface area contributed by atoms with Crippen molar-refractivity contribution in [2.24, 2.45) is 0 Å². The van der Waals surface area contributed by atoms with Crippen molar-refractivity contribution in [1.82, 2.24) is 9.71 Å². The van der Waals surface area contributed by atoms with Gasteiger partial charge in [-0.15, -0.1) is 0 Å². The topological polar surface area (TPSA) is 97.4 Å². The van der Waals surface area contributed by atoms with Gasteiger partial charge in [0.05, 0.1) is 11.5 Å². The summed E-state index contributed by atoms with van der Waals surface area (Å²) in [4.78, 5) is 16.6. The van der Waals surface area contributed by atoms with E-state index in [1.165, 1.54) is 19.3 Å². The van der Waals surface area contributed by atoms with E-state index in [9.17, 15) is 13.2 Å². The van der Waals surface area contributed by atoms with Crippen molar-refractivity contribution < 1.29 is 17.9 Å². The molecule has 24 heavy (non-hydrogen) atoms. The number of rotatable bonds is 6. The molecule has 0 aliphatic heterocycles. The Kier molecular flexibility index (Phi) is 5.53. The fraction of sp³-hybridized carbons (Fsp3) is 0.250. The van der Waals surface area contributed by atoms with E-state index in [-0.39, 0.29) is 16.3 Å². The maximum Gasteiger partial charge on any atom is 0.261 e. The molecule has 128 valence electrons. The van der Waals surface area contributed by atoms with Crippen molar-refractivity contribution in [2.45, 2.75) is 18.7 Å². The summed E-state index contributed by atoms with van der Waals surface area (Å²) in [6, 6.07) is 7.90. The summed E-state index contributed by atoms with van der Waals surface area (Å²) >= 11 is 0. The van der Waals surface area contributed by atoms with Crippen LogP contribution in [0.5, 0.6) is 5.88 Å². The van der Waals surface area contributed by atoms with Crippen LogP contribution in [0.2, 0.25) is 0 Å². The molecule has 2 rings (SSSR count). The fourth-order valence-electron chi connectivity index (χ4n) is 2.09. The number of amides is 1. The molecule has 7 nitrogen and oxygen atoms in total. The zero-order valence-electron chi connectivity index (χ0n) is 13.7. The lowest BCUT2D eigenvalue weighted by Crippen LogP contribution is -2.20. The Morgan fingerprint density at radius 1 is 1.29 bits per heavy atom. The first-order valence-corrected chi connectivity index (χ1v) is 8.80. The molecule has 0 saturated carbocycles. The highest BCUT2D eigenvalue weighted by molar-refractivity contribution is 7.89. The highest BCUT2D eigenvalue weighted by atomic mass is 32.2. The molecule has 2 aromatic rings. The number of ether oxygens (including phenoxy) is 1. The third-order valence-electron chi connectivity index (χ3n) is 3.30. The fourth-order valence-corrected chi connectivity index (χ4v) is 3.09. The lowest BCUT2D eigenvalue weighted by atomic mass is 10.2. The Hall–Kier alpha value is -2.45. The van der Waals surface area contributed by atoms with E-state index in [0.29, 0.717) is 17.9 Å². The molecule has 0 radical (unpaired) electrons. The van der Waals surface area contributed by atoms with Crippen LogP contribution in [-0.4, -0.2) is 33.0 Å². The Labute approximate surface area is 141 Å². The van der Waals surface area contributed by atoms with Crippen LogP contribution in [0.3, 0.4) is 0 Å². The number of carbonyl (C=O) groups excluding carboxylic acids is 1. The summed E-state index contributed by atoms with van der Waals surface area (Å²) < 4.78 is 31.6. The zero-order chi connectivity index (χ0) is 17.7. The van der Waals surface area contributed by atoms with Gasteiger partial charge in [-0.3, -0.25) is 4.79 Å². The first kappa shape index (κ1) is 17.9. The van der Waals surface area contributed by atoms with E-state index in [1.54, 1.807) is 38.1 Å². The second kappa shape index (κ2) is 7.41. The van der Waals surface area contributed by atoms with Gasteiger partial charge < -0.3 is 10.1 Å². The van der Waals surface area contributed by atoms with Crippen LogP contribution in [0.4, 0.5) is 5.69 Å². The highest BCUT2D eigenvalue weighted by Gasteiger charge is 2.17. The number of pyridine rings is 1. The number of nitrogens with one attached hydrogen (secondary N) is 2. The summed E-state index contributed by atoms with van der Waals surface area (Å²) in [6.45, 7) is 3.86. The first-order chi connectivity index (χ1) is 11.4. The molecule has 0 unspecified atom stereocenters. The Bertz CT molecular complexity index is 850. The van der Waals surface area contributed by atoms with Gasteiger partial charge in [0.25, 0.3) is 5.91 Å². The largest absolute Gasteiger partial charge is 0.477 e. The summed E-state index contributed by atoms with van der Waals surface area (Å²) in [5.41, 5.74) is 1.22. The molecule has 0 saturated heterocycles. The minimum Gasteiger partial charge on any atom is -0.477 e. The van der Waals surface area contributed by atoms with Gasteiger partial charge >= 0.3 is 0 Å². The van der Waals surface area contributed by atoms with Gasteiger partial charge in [0.15, 0.2) is 0 Å². The molecule has 0 bridgehead atoms. The van der Waals surface area contributed by atoms with E-state index >= 15 is 0 Å². The van der Waals surface area contributed by atoms with Crippen molar-refractivity contribution in [2.75, 3.05) is 19.0 Å². The molecule has 2 N–H and O–H groups in total. The van der Waals surface area contributed by atoms with Crippen LogP contribution < -0.4 is 14.8 Å². The maximum atomic E-state index is 12.4. The summed E-state index contributed by atoms with van der Waals surface area (Å²) in [7, 11) is -2.27. The molecule has 1 heterocycles. The van der Waals surface area contributed by atoms with E-state index in [1.807, 2.05) is 0 Å². The molecule has 0 atom stereocenters. The number of sulfonamides is 1. The molecule has 1 aromatic carbocycles. The zero-order valence-corrected chi connectivity index (χ0v) is 14.5. The van der Waals surface area contributed by atoms with Gasteiger partial charge in [0, 0.05) is 11.9 Å². The lowest BCUT2D eigenvalue weighted by molar-refractivity contribution is 0.102. The van der Waals surface area contributed by atoms with Gasteiger partial charge in [-0.1, -0.05) is 6.07 Å². The predicted octanol–water partition coefficient (Wildman–Crippen LogP) is 1.95. The minimum absolute atomic E-state index is 0.110. The van der Waals surface area contributed by atoms with Gasteiger partial charge in [0.1, 0.15) is 5.56 Å². The van der Waals surface area contributed by atoms with Crippen molar-refractivity contribution in [3.8, 4) is 5.88 Å². The van der Waals surface area contributed by atoms with Crippen molar-refractivity contribution in [1.29, 1.82) is 0 Å². The normalized spacial score (nSPS) is 11.1. The van der Waals surface area contributed by atoms with Crippen LogP contribution in [0.25, 0.3) is 0 Å². The lowest BCUT2D eigenvalue weighted by Gasteiger charge is -2.12. The summed E-state index contributed by atoms with van der Waals surface area (Å²) in [5.74, 6) is -0.198. The Morgan fingerprint density at radius 3 is 2.71 bits per heavy atom. The van der Waals surface area contributed by atoms with Gasteiger partial charge in [-0.05, 0) is 50.7 Å². The molecular weight excluding hydrogens is 330 g/mol. The van der Waals surface area contributed by atoms with E-state index in [2.05, 4.69) is 15.0 Å². The molecule has 0 aliphatic rings. The Morgan fingerprint density at radius 2 is 2.04 bits per heavy atom. The van der Waals surface area contributed by atoms with Gasteiger partial charge in [-0.25, -0.2) is 18.1 Å². The van der Waals surface area contributed by atoms with Crippen LogP contribution in [0, 0.1) is 6.92 Å². The van der Waals surface area contributed by atoms with Crippen LogP contribution in [0.15, 0.2) is 41.4 Å². The van der Waals surface area contributed by atoms with Crippen LogP contribution in [0.1, 0.15) is 22.8 Å². The molecule has 1 aromatic heterocycles. The Balaban J connectivity index is 2.32. The average Bonchev–Trinajstić information content (AvgIpc) is 2.57. The molecular formula is C16H19N3O4S. The maximum absolute atomic E-state index is 12.4. The third kappa shape index (κ3) is 3.90. The summed E-state index contributed by atoms with van der Waals surface area (Å²) in [5, 5.41) is 2.67. The van der Waals surface area contributed by atoms with Crippen molar-refractivity contribution in [3.05, 3.63) is 47.7 Å². The predicted molar refractivity (Wildman–Crippen MR) is 90.8 cm³/mol. The molecule has 1 amide bonds. The van der Waals surface area contributed by atoms with E-state index in [4.69, 9.17) is 4.74 Å². The number of hydrogen-bond donors (Lipinski definition) is 2. The van der Waals surface area contributed by atoms with Crippen molar-refractivity contribution in [3.63, 3.8) is 0 Å². The van der Waals surface area contributed by atoms with E-state index in [0.717, 1.165) is 0 Å². The molecule has 0 fully saturated rings. The highest BCUT2D eigenvalue weighted by Crippen LogP contribution is 2.22. The quantitative estimate of drug-likeness (QED) is 0.831. The SMILES string of the molecule is CCOc1ncccc1C(=O)Nc1ccc(C)c(S(=O)(=O)NC)c1. The first-order valence-electron chi connectivity index (χ1n) is 7.32. The standard InChI is InChI=1S/C16H19N3O4S/c1-4-23-16-13(6-5-9-18-16)15(20)19-12-8-7-11(2)14(10-12)24(21,22)17-3/h5-10,17H,4H2,1-3H3,(H,19,20). The van der Waals surface area contributed by atoms with Crippen molar-refractivity contribution >= 4 is 21.6 Å². The minimum atomic E-state index is -3.61. The van der Waals surface area contributed by atoms with E-state index < -0.39 is 15.9 Å². The second-order valence-corrected chi connectivity index (χ2v) is 6.79. The van der Waals surface area contributed by atoms with Crippen LogP contribution >= 0.6 is 0 Å². The van der Waals surface area contributed by atoms with Crippen LogP contribution in [-0.2, 0) is 10.0 Å². The monoisotopic (exact) mass is 349 g/mol. The average molecular weight is 349 g/mol. The number of anilines is 1. The molecule has 8 heteroatoms. The second-order valence-electron chi connectivity index (χ2n) is 4.93. The smallest absolute Gasteiger partial charge is 0.261 e. The van der Waals surface area contributed by atoms with Gasteiger partial charge in [0.2, 0.25) is 15.9 Å². The third-order valence-corrected chi connectivity index (χ3v) is 4.86. The molecule has 0 aliphatic carbocycles. The number of aromatic nitrogens is 1. The number of carbonyl (C=O) groups is 1. The summed E-state index contributed by atoms with van der Waals surface area (Å²) in [6.07, 6.45) is 1.53. The number of hydrogen-bond acceptors (Lipinski definition) is 5. The number of benzene rings is 1. The van der Waals surface area contributed by atoms with Gasteiger partial charge in [-0.2, -0.15) is 0 Å². The number of nitrogens with zero attached hydrogens (tertiary/aromatic N) is 1. The molecule has 0 spiro atoms. The number of aryl methyl sites for hydroxylation is 1.